The second-order valence-corrected chi connectivity index (χ2v) is 6.04. The van der Waals surface area contributed by atoms with Gasteiger partial charge in [0.2, 0.25) is 5.91 Å². The molecular weight excluding hydrogens is 342 g/mol. The van der Waals surface area contributed by atoms with Crippen LogP contribution in [0.25, 0.3) is 0 Å². The van der Waals surface area contributed by atoms with Crippen LogP contribution in [0.5, 0.6) is 5.75 Å². The first-order chi connectivity index (χ1) is 11.7. The van der Waals surface area contributed by atoms with Gasteiger partial charge >= 0.3 is 0 Å². The normalized spacial score (nSPS) is 14.2. The standard InChI is InChI=1S/C18H27N3O3.ClH/c1-2-24-16-7-4-3-6-14(16)18(23)20-11-5-8-17(22)21-15(12-19)13-9-10-13;/h3-4,6-7,13,15H,2,5,8-12,19H2,1H3,(H,20,23)(H,21,22);1H. The first-order valence-corrected chi connectivity index (χ1v) is 8.65. The fraction of sp³-hybridized carbons (Fsp3) is 0.556. The molecule has 0 radical (unpaired) electrons. The van der Waals surface area contributed by atoms with Crippen molar-refractivity contribution in [3.63, 3.8) is 0 Å². The Morgan fingerprint density at radius 3 is 2.68 bits per heavy atom. The van der Waals surface area contributed by atoms with Crippen molar-refractivity contribution in [2.75, 3.05) is 19.7 Å². The number of halogens is 1. The molecule has 1 aromatic rings. The van der Waals surface area contributed by atoms with Gasteiger partial charge in [-0.25, -0.2) is 0 Å². The quantitative estimate of drug-likeness (QED) is 0.549. The summed E-state index contributed by atoms with van der Waals surface area (Å²) in [6.07, 6.45) is 3.28. The van der Waals surface area contributed by atoms with E-state index in [-0.39, 0.29) is 30.3 Å². The fourth-order valence-electron chi connectivity index (χ4n) is 2.63. The molecule has 0 saturated heterocycles. The summed E-state index contributed by atoms with van der Waals surface area (Å²) >= 11 is 0. The van der Waals surface area contributed by atoms with Gasteiger partial charge in [0.15, 0.2) is 0 Å². The van der Waals surface area contributed by atoms with Crippen LogP contribution in [0.15, 0.2) is 24.3 Å². The lowest BCUT2D eigenvalue weighted by atomic mass is 10.1. The first-order valence-electron chi connectivity index (χ1n) is 8.65. The highest BCUT2D eigenvalue weighted by molar-refractivity contribution is 5.96. The van der Waals surface area contributed by atoms with Crippen LogP contribution < -0.4 is 21.1 Å². The van der Waals surface area contributed by atoms with Crippen molar-refractivity contribution in [1.29, 1.82) is 0 Å². The minimum absolute atomic E-state index is 0. The Bertz CT molecular complexity index is 564. The van der Waals surface area contributed by atoms with Gasteiger partial charge in [-0.2, -0.15) is 0 Å². The van der Waals surface area contributed by atoms with Crippen LogP contribution in [0.3, 0.4) is 0 Å². The lowest BCUT2D eigenvalue weighted by molar-refractivity contribution is -0.122. The Hall–Kier alpha value is -1.79. The van der Waals surface area contributed by atoms with Crippen LogP contribution >= 0.6 is 12.4 Å². The third kappa shape index (κ3) is 6.92. The Labute approximate surface area is 155 Å². The zero-order valence-electron chi connectivity index (χ0n) is 14.6. The number of carbonyl (C=O) groups is 2. The predicted molar refractivity (Wildman–Crippen MR) is 100 cm³/mol. The minimum atomic E-state index is -0.183. The molecule has 1 aromatic carbocycles. The molecule has 6 nitrogen and oxygen atoms in total. The Balaban J connectivity index is 0.00000312. The molecule has 1 atom stereocenters. The summed E-state index contributed by atoms with van der Waals surface area (Å²) in [5, 5.41) is 5.81. The highest BCUT2D eigenvalue weighted by Crippen LogP contribution is 2.32. The Morgan fingerprint density at radius 1 is 1.32 bits per heavy atom. The van der Waals surface area contributed by atoms with E-state index in [0.29, 0.717) is 49.8 Å². The molecule has 0 spiro atoms. The van der Waals surface area contributed by atoms with Crippen molar-refractivity contribution in [3.05, 3.63) is 29.8 Å². The SMILES string of the molecule is CCOc1ccccc1C(=O)NCCCC(=O)NC(CN)C1CC1.Cl. The van der Waals surface area contributed by atoms with Crippen LogP contribution in [0.1, 0.15) is 43.0 Å². The summed E-state index contributed by atoms with van der Waals surface area (Å²) in [4.78, 5) is 24.1. The number of ether oxygens (including phenoxy) is 1. The van der Waals surface area contributed by atoms with E-state index < -0.39 is 0 Å². The van der Waals surface area contributed by atoms with Gasteiger partial charge in [0.1, 0.15) is 5.75 Å². The zero-order chi connectivity index (χ0) is 17.4. The number of nitrogens with two attached hydrogens (primary N) is 1. The zero-order valence-corrected chi connectivity index (χ0v) is 15.4. The maximum atomic E-state index is 12.2. The molecule has 2 rings (SSSR count). The van der Waals surface area contributed by atoms with E-state index in [1.807, 2.05) is 13.0 Å². The Kier molecular flexibility index (Phi) is 9.31. The van der Waals surface area contributed by atoms with Crippen molar-refractivity contribution >= 4 is 24.2 Å². The molecule has 0 bridgehead atoms. The highest BCUT2D eigenvalue weighted by atomic mass is 35.5. The van der Waals surface area contributed by atoms with Gasteiger partial charge in [-0.05, 0) is 44.2 Å². The number of nitrogens with one attached hydrogen (secondary N) is 2. The number of hydrogen-bond acceptors (Lipinski definition) is 4. The number of para-hydroxylation sites is 1. The largest absolute Gasteiger partial charge is 0.493 e. The predicted octanol–water partition coefficient (Wildman–Crippen LogP) is 1.87. The monoisotopic (exact) mass is 369 g/mol. The average molecular weight is 370 g/mol. The number of benzene rings is 1. The molecule has 0 heterocycles. The van der Waals surface area contributed by atoms with Crippen molar-refractivity contribution in [2.45, 2.75) is 38.6 Å². The molecule has 0 aliphatic heterocycles. The smallest absolute Gasteiger partial charge is 0.255 e. The van der Waals surface area contributed by atoms with E-state index in [0.717, 1.165) is 12.8 Å². The van der Waals surface area contributed by atoms with Gasteiger partial charge in [-0.3, -0.25) is 9.59 Å². The van der Waals surface area contributed by atoms with Crippen molar-refractivity contribution in [3.8, 4) is 5.75 Å². The number of carbonyl (C=O) groups excluding carboxylic acids is 2. The molecule has 1 saturated carbocycles. The third-order valence-corrected chi connectivity index (χ3v) is 4.09. The molecule has 25 heavy (non-hydrogen) atoms. The minimum Gasteiger partial charge on any atom is -0.493 e. The maximum Gasteiger partial charge on any atom is 0.255 e. The van der Waals surface area contributed by atoms with Crippen LogP contribution in [-0.2, 0) is 4.79 Å². The van der Waals surface area contributed by atoms with E-state index in [1.165, 1.54) is 0 Å². The van der Waals surface area contributed by atoms with Gasteiger partial charge < -0.3 is 21.1 Å². The van der Waals surface area contributed by atoms with Gasteiger partial charge in [-0.15, -0.1) is 12.4 Å². The molecule has 140 valence electrons. The van der Waals surface area contributed by atoms with Crippen LogP contribution in [-0.4, -0.2) is 37.6 Å². The lowest BCUT2D eigenvalue weighted by Gasteiger charge is -2.16. The van der Waals surface area contributed by atoms with E-state index in [9.17, 15) is 9.59 Å². The molecule has 7 heteroatoms. The summed E-state index contributed by atoms with van der Waals surface area (Å²) in [6, 6.07) is 7.24. The average Bonchev–Trinajstić information content (AvgIpc) is 3.42. The lowest BCUT2D eigenvalue weighted by Crippen LogP contribution is -2.41. The van der Waals surface area contributed by atoms with Gasteiger partial charge in [0.25, 0.3) is 5.91 Å². The third-order valence-electron chi connectivity index (χ3n) is 4.09. The molecule has 0 aromatic heterocycles. The van der Waals surface area contributed by atoms with E-state index >= 15 is 0 Å². The number of amides is 2. The highest BCUT2D eigenvalue weighted by Gasteiger charge is 2.30. The number of hydrogen-bond donors (Lipinski definition) is 3. The van der Waals surface area contributed by atoms with E-state index in [1.54, 1.807) is 18.2 Å². The summed E-state index contributed by atoms with van der Waals surface area (Å²) < 4.78 is 5.45. The maximum absolute atomic E-state index is 12.2. The molecular formula is C18H28ClN3O3. The summed E-state index contributed by atoms with van der Waals surface area (Å²) in [7, 11) is 0. The second-order valence-electron chi connectivity index (χ2n) is 6.04. The molecule has 1 aliphatic rings. The first kappa shape index (κ1) is 21.3. The van der Waals surface area contributed by atoms with Crippen molar-refractivity contribution in [1.82, 2.24) is 10.6 Å². The molecule has 2 amide bonds. The van der Waals surface area contributed by atoms with Crippen LogP contribution in [0, 0.1) is 5.92 Å². The van der Waals surface area contributed by atoms with Gasteiger partial charge in [0, 0.05) is 25.6 Å². The fourth-order valence-corrected chi connectivity index (χ4v) is 2.63. The van der Waals surface area contributed by atoms with Crippen molar-refractivity contribution in [2.24, 2.45) is 11.7 Å². The van der Waals surface area contributed by atoms with Crippen LogP contribution in [0.2, 0.25) is 0 Å². The van der Waals surface area contributed by atoms with Gasteiger partial charge in [-0.1, -0.05) is 12.1 Å². The topological polar surface area (TPSA) is 93.4 Å². The van der Waals surface area contributed by atoms with Crippen LogP contribution in [0.4, 0.5) is 0 Å². The number of rotatable bonds is 10. The van der Waals surface area contributed by atoms with E-state index in [4.69, 9.17) is 10.5 Å². The molecule has 1 unspecified atom stereocenters. The van der Waals surface area contributed by atoms with Crippen molar-refractivity contribution < 1.29 is 14.3 Å². The Morgan fingerprint density at radius 2 is 2.04 bits per heavy atom. The van der Waals surface area contributed by atoms with E-state index in [2.05, 4.69) is 10.6 Å². The summed E-state index contributed by atoms with van der Waals surface area (Å²) in [5.74, 6) is 0.942. The van der Waals surface area contributed by atoms with Gasteiger partial charge in [0.05, 0.1) is 12.2 Å². The molecule has 1 fully saturated rings. The summed E-state index contributed by atoms with van der Waals surface area (Å²) in [5.41, 5.74) is 6.19. The summed E-state index contributed by atoms with van der Waals surface area (Å²) in [6.45, 7) is 3.32. The molecule has 4 N–H and O–H groups in total. The molecule has 1 aliphatic carbocycles. The second kappa shape index (κ2) is 10.9.